The highest BCUT2D eigenvalue weighted by Gasteiger charge is 2.62. The second-order valence-electron chi connectivity index (χ2n) is 17.2. The van der Waals surface area contributed by atoms with Crippen LogP contribution in [0.5, 0.6) is 0 Å². The van der Waals surface area contributed by atoms with Crippen LogP contribution in [0.1, 0.15) is 140 Å². The molecule has 1 N–H and O–H groups in total. The predicted octanol–water partition coefficient (Wildman–Crippen LogP) is 9.23. The number of carbonyl (C=O) groups is 1. The second-order valence-corrected chi connectivity index (χ2v) is 20.8. The molecule has 4 saturated carbocycles. The van der Waals surface area contributed by atoms with Gasteiger partial charge in [-0.05, 0) is 129 Å². The fourth-order valence-corrected chi connectivity index (χ4v) is 14.0. The standard InChI is InChI=1S/C35H63O3Si/c1-23(2)39(32(4,5)6)38-31-18-21-35(10)29(26(31)22-36)14-13-25-28-16-15-27(34(28,9)20-17-30(25)35)24(3)12-11-19-33(7,8)37/h22-31,37H,11-21H2,1-10H3/t24-,25+,26-,27-,28+,29?,30+,31+,34-,35+/m1/s1. The van der Waals surface area contributed by atoms with Crippen LogP contribution in [-0.2, 0) is 9.22 Å². The molecule has 4 rings (SSSR count). The van der Waals surface area contributed by atoms with Crippen LogP contribution in [0.3, 0.4) is 0 Å². The zero-order chi connectivity index (χ0) is 29.0. The summed E-state index contributed by atoms with van der Waals surface area (Å²) in [6, 6.07) is 0. The van der Waals surface area contributed by atoms with Crippen molar-refractivity contribution in [2.75, 3.05) is 0 Å². The van der Waals surface area contributed by atoms with Crippen molar-refractivity contribution in [1.82, 2.24) is 0 Å². The van der Waals surface area contributed by atoms with E-state index < -0.39 is 14.6 Å². The average molecular weight is 560 g/mol. The first-order chi connectivity index (χ1) is 18.0. The van der Waals surface area contributed by atoms with E-state index in [-0.39, 0.29) is 17.1 Å². The van der Waals surface area contributed by atoms with Crippen LogP contribution in [0.15, 0.2) is 0 Å². The zero-order valence-corrected chi connectivity index (χ0v) is 28.3. The molecular weight excluding hydrogens is 496 g/mol. The van der Waals surface area contributed by atoms with Gasteiger partial charge < -0.3 is 14.3 Å². The molecule has 0 aromatic heterocycles. The molecule has 0 saturated heterocycles. The van der Waals surface area contributed by atoms with Crippen molar-refractivity contribution >= 4 is 15.3 Å². The smallest absolute Gasteiger partial charge is 0.220 e. The van der Waals surface area contributed by atoms with Crippen LogP contribution in [0.25, 0.3) is 0 Å². The van der Waals surface area contributed by atoms with E-state index >= 15 is 0 Å². The van der Waals surface area contributed by atoms with E-state index in [0.29, 0.717) is 22.3 Å². The largest absolute Gasteiger partial charge is 0.412 e. The molecule has 0 amide bonds. The summed E-state index contributed by atoms with van der Waals surface area (Å²) < 4.78 is 6.98. The molecule has 0 heterocycles. The average Bonchev–Trinajstić information content (AvgIpc) is 3.17. The van der Waals surface area contributed by atoms with Crippen molar-refractivity contribution in [2.45, 2.75) is 162 Å². The number of carbonyl (C=O) groups excluding carboxylic acids is 1. The van der Waals surface area contributed by atoms with E-state index in [1.807, 2.05) is 13.8 Å². The summed E-state index contributed by atoms with van der Waals surface area (Å²) in [7, 11) is -1.02. The molecule has 0 bridgehead atoms. The fraction of sp³-hybridized carbons (Fsp3) is 0.971. The van der Waals surface area contributed by atoms with Gasteiger partial charge in [0.2, 0.25) is 9.04 Å². The molecule has 1 unspecified atom stereocenters. The van der Waals surface area contributed by atoms with Crippen molar-refractivity contribution in [1.29, 1.82) is 0 Å². The summed E-state index contributed by atoms with van der Waals surface area (Å²) in [5.74, 6) is 4.62. The van der Waals surface area contributed by atoms with Gasteiger partial charge in [0.05, 0.1) is 11.7 Å². The minimum Gasteiger partial charge on any atom is -0.412 e. The molecule has 4 aliphatic carbocycles. The van der Waals surface area contributed by atoms with E-state index in [2.05, 4.69) is 55.4 Å². The normalized spacial score (nSPS) is 41.7. The van der Waals surface area contributed by atoms with Crippen LogP contribution >= 0.6 is 0 Å². The molecule has 0 aliphatic heterocycles. The highest BCUT2D eigenvalue weighted by Crippen LogP contribution is 2.69. The molecule has 4 aliphatic rings. The lowest BCUT2D eigenvalue weighted by atomic mass is 9.43. The van der Waals surface area contributed by atoms with Crippen LogP contribution in [0.4, 0.5) is 0 Å². The Morgan fingerprint density at radius 2 is 1.51 bits per heavy atom. The minimum absolute atomic E-state index is 0.0752. The summed E-state index contributed by atoms with van der Waals surface area (Å²) in [5.41, 5.74) is 0.777. The molecule has 4 fully saturated rings. The van der Waals surface area contributed by atoms with Crippen molar-refractivity contribution in [3.63, 3.8) is 0 Å². The highest BCUT2D eigenvalue weighted by molar-refractivity contribution is 6.56. The van der Waals surface area contributed by atoms with Gasteiger partial charge in [-0.25, -0.2) is 0 Å². The predicted molar refractivity (Wildman–Crippen MR) is 165 cm³/mol. The number of aliphatic hydroxyl groups is 1. The first-order valence-corrected chi connectivity index (χ1v) is 18.2. The van der Waals surface area contributed by atoms with Crippen molar-refractivity contribution in [2.24, 2.45) is 52.3 Å². The molecule has 0 aromatic carbocycles. The Morgan fingerprint density at radius 3 is 2.10 bits per heavy atom. The van der Waals surface area contributed by atoms with Crippen LogP contribution in [0, 0.1) is 52.3 Å². The number of fused-ring (bicyclic) bond motifs is 5. The zero-order valence-electron chi connectivity index (χ0n) is 27.3. The minimum atomic E-state index is -1.02. The Bertz CT molecular complexity index is 842. The maximum atomic E-state index is 12.7. The van der Waals surface area contributed by atoms with E-state index in [9.17, 15) is 9.90 Å². The van der Waals surface area contributed by atoms with Gasteiger partial charge in [-0.15, -0.1) is 0 Å². The number of hydrogen-bond donors (Lipinski definition) is 1. The first kappa shape index (κ1) is 31.7. The van der Waals surface area contributed by atoms with Gasteiger partial charge >= 0.3 is 0 Å². The third-order valence-corrected chi connectivity index (χ3v) is 15.8. The summed E-state index contributed by atoms with van der Waals surface area (Å²) in [6.45, 7) is 23.3. The SMILES string of the molecule is CC(C)[Si](O[C@H]1CC[C@@]2(C)C(CC[C@H]3[C@@H]4CC[C@H]([C@H](C)CCCC(C)(C)O)[C@@]4(C)CC[C@@H]32)[C@H]1C=O)C(C)(C)C. The van der Waals surface area contributed by atoms with Crippen molar-refractivity contribution in [3.8, 4) is 0 Å². The van der Waals surface area contributed by atoms with Crippen LogP contribution < -0.4 is 0 Å². The lowest BCUT2D eigenvalue weighted by Crippen LogP contribution is -2.58. The Hall–Kier alpha value is -0.193. The molecule has 4 heteroatoms. The lowest BCUT2D eigenvalue weighted by Gasteiger charge is -2.62. The third kappa shape index (κ3) is 6.15. The molecular formula is C35H63O3Si. The van der Waals surface area contributed by atoms with E-state index in [1.165, 1.54) is 57.7 Å². The van der Waals surface area contributed by atoms with Gasteiger partial charge in [-0.1, -0.05) is 68.2 Å². The quantitative estimate of drug-likeness (QED) is 0.226. The molecule has 3 nitrogen and oxygen atoms in total. The molecule has 225 valence electrons. The molecule has 10 atom stereocenters. The second kappa shape index (κ2) is 11.5. The monoisotopic (exact) mass is 559 g/mol. The van der Waals surface area contributed by atoms with E-state index in [4.69, 9.17) is 4.43 Å². The first-order valence-electron chi connectivity index (χ1n) is 16.7. The highest BCUT2D eigenvalue weighted by atomic mass is 28.3. The summed E-state index contributed by atoms with van der Waals surface area (Å²) in [5, 5.41) is 10.4. The Balaban J connectivity index is 1.47. The summed E-state index contributed by atoms with van der Waals surface area (Å²) in [6.07, 6.45) is 15.1. The van der Waals surface area contributed by atoms with Gasteiger partial charge in [0.1, 0.15) is 6.29 Å². The van der Waals surface area contributed by atoms with Crippen molar-refractivity contribution in [3.05, 3.63) is 0 Å². The third-order valence-electron chi connectivity index (χ3n) is 12.7. The number of aldehydes is 1. The summed E-state index contributed by atoms with van der Waals surface area (Å²) in [4.78, 5) is 12.7. The summed E-state index contributed by atoms with van der Waals surface area (Å²) >= 11 is 0. The topological polar surface area (TPSA) is 46.5 Å². The van der Waals surface area contributed by atoms with Gasteiger partial charge in [-0.3, -0.25) is 0 Å². The van der Waals surface area contributed by atoms with Gasteiger partial charge in [-0.2, -0.15) is 0 Å². The van der Waals surface area contributed by atoms with Crippen LogP contribution in [-0.4, -0.2) is 32.1 Å². The molecule has 39 heavy (non-hydrogen) atoms. The van der Waals surface area contributed by atoms with Crippen molar-refractivity contribution < 1.29 is 14.3 Å². The molecule has 0 spiro atoms. The molecule has 0 aromatic rings. The molecule has 1 radical (unpaired) electrons. The van der Waals surface area contributed by atoms with E-state index in [0.717, 1.165) is 48.9 Å². The van der Waals surface area contributed by atoms with Crippen LogP contribution in [0.2, 0.25) is 10.6 Å². The Kier molecular flexibility index (Phi) is 9.34. The lowest BCUT2D eigenvalue weighted by molar-refractivity contribution is -0.155. The Labute approximate surface area is 243 Å². The van der Waals surface area contributed by atoms with Gasteiger partial charge in [0.25, 0.3) is 0 Å². The number of rotatable bonds is 9. The maximum Gasteiger partial charge on any atom is 0.220 e. The number of hydrogen-bond acceptors (Lipinski definition) is 3. The maximum absolute atomic E-state index is 12.7. The fourth-order valence-electron chi connectivity index (χ4n) is 11.1. The van der Waals surface area contributed by atoms with Gasteiger partial charge in [0, 0.05) is 5.92 Å². The Morgan fingerprint density at radius 1 is 0.897 bits per heavy atom. The van der Waals surface area contributed by atoms with E-state index in [1.54, 1.807) is 0 Å². The van der Waals surface area contributed by atoms with Gasteiger partial charge in [0.15, 0.2) is 0 Å².